The highest BCUT2D eigenvalue weighted by Gasteiger charge is 2.38. The monoisotopic (exact) mass is 316 g/mol. The third-order valence-corrected chi connectivity index (χ3v) is 4.59. The lowest BCUT2D eigenvalue weighted by atomic mass is 9.84. The number of nitrogens with zero attached hydrogens (tertiary/aromatic N) is 2. The maximum absolute atomic E-state index is 10.8. The molecule has 1 aliphatic rings. The molecule has 1 aromatic heterocycles. The minimum atomic E-state index is -0.695. The molecular weight excluding hydrogens is 296 g/mol. The zero-order chi connectivity index (χ0) is 13.5. The molecule has 2 heterocycles. The lowest BCUT2D eigenvalue weighted by molar-refractivity contribution is -0.131. The highest BCUT2D eigenvalue weighted by Crippen LogP contribution is 2.34. The Morgan fingerprint density at radius 1 is 1.44 bits per heavy atom. The highest BCUT2D eigenvalue weighted by atomic mass is 79.9. The molecule has 5 heteroatoms. The molecule has 0 bridgehead atoms. The molecule has 0 amide bonds. The lowest BCUT2D eigenvalue weighted by Gasteiger charge is -2.39. The van der Waals surface area contributed by atoms with Crippen molar-refractivity contribution in [1.82, 2.24) is 9.78 Å². The van der Waals surface area contributed by atoms with Crippen molar-refractivity contribution in [1.29, 1.82) is 0 Å². The summed E-state index contributed by atoms with van der Waals surface area (Å²) in [5, 5.41) is 15.2. The SMILES string of the molecule is Cc1nn(C)c(CC2(O)CC(C)OC(C)C2)c1Br. The second-order valence-electron chi connectivity index (χ2n) is 5.54. The fourth-order valence-electron chi connectivity index (χ4n) is 2.97. The maximum atomic E-state index is 10.8. The lowest BCUT2D eigenvalue weighted by Crippen LogP contribution is -2.45. The standard InChI is InChI=1S/C13H21BrN2O2/c1-8-5-13(17,6-9(2)18-8)7-11-12(14)10(3)15-16(11)4/h8-9,17H,5-7H2,1-4H3. The second-order valence-corrected chi connectivity index (χ2v) is 6.33. The number of hydrogen-bond donors (Lipinski definition) is 1. The largest absolute Gasteiger partial charge is 0.389 e. The predicted molar refractivity (Wildman–Crippen MR) is 73.5 cm³/mol. The van der Waals surface area contributed by atoms with E-state index in [0.717, 1.165) is 15.9 Å². The number of aromatic nitrogens is 2. The summed E-state index contributed by atoms with van der Waals surface area (Å²) in [5.74, 6) is 0. The first kappa shape index (κ1) is 14.0. The van der Waals surface area contributed by atoms with Crippen LogP contribution in [0.15, 0.2) is 4.47 Å². The van der Waals surface area contributed by atoms with Gasteiger partial charge >= 0.3 is 0 Å². The molecule has 102 valence electrons. The van der Waals surface area contributed by atoms with Gasteiger partial charge in [0.2, 0.25) is 0 Å². The molecule has 18 heavy (non-hydrogen) atoms. The Morgan fingerprint density at radius 3 is 2.44 bits per heavy atom. The fourth-order valence-corrected chi connectivity index (χ4v) is 3.45. The second kappa shape index (κ2) is 4.94. The first-order chi connectivity index (χ1) is 8.31. The van der Waals surface area contributed by atoms with Gasteiger partial charge in [-0.15, -0.1) is 0 Å². The topological polar surface area (TPSA) is 47.3 Å². The number of aryl methyl sites for hydroxylation is 2. The molecule has 0 aliphatic carbocycles. The van der Waals surface area contributed by atoms with E-state index in [1.54, 1.807) is 0 Å². The molecule has 1 saturated heterocycles. The zero-order valence-corrected chi connectivity index (χ0v) is 13.0. The van der Waals surface area contributed by atoms with Gasteiger partial charge in [-0.3, -0.25) is 4.68 Å². The van der Waals surface area contributed by atoms with Crippen molar-refractivity contribution in [3.63, 3.8) is 0 Å². The van der Waals surface area contributed by atoms with Gasteiger partial charge < -0.3 is 9.84 Å². The number of halogens is 1. The molecule has 0 spiro atoms. The molecule has 2 rings (SSSR count). The Hall–Kier alpha value is -0.390. The quantitative estimate of drug-likeness (QED) is 0.911. The van der Waals surface area contributed by atoms with Gasteiger partial charge in [0.1, 0.15) is 0 Å². The summed E-state index contributed by atoms with van der Waals surface area (Å²) < 4.78 is 8.55. The van der Waals surface area contributed by atoms with Crippen LogP contribution < -0.4 is 0 Å². The van der Waals surface area contributed by atoms with E-state index in [9.17, 15) is 5.11 Å². The molecule has 1 aromatic rings. The van der Waals surface area contributed by atoms with Gasteiger partial charge in [-0.1, -0.05) is 0 Å². The summed E-state index contributed by atoms with van der Waals surface area (Å²) in [7, 11) is 1.92. The van der Waals surface area contributed by atoms with E-state index in [1.165, 1.54) is 0 Å². The van der Waals surface area contributed by atoms with Gasteiger partial charge in [0.15, 0.2) is 0 Å². The van der Waals surface area contributed by atoms with Crippen LogP contribution in [0.1, 0.15) is 38.1 Å². The molecule has 1 aliphatic heterocycles. The van der Waals surface area contributed by atoms with Gasteiger partial charge in [0.05, 0.1) is 33.7 Å². The van der Waals surface area contributed by atoms with Crippen LogP contribution in [0.3, 0.4) is 0 Å². The van der Waals surface area contributed by atoms with E-state index in [0.29, 0.717) is 19.3 Å². The summed E-state index contributed by atoms with van der Waals surface area (Å²) in [5.41, 5.74) is 1.32. The van der Waals surface area contributed by atoms with Crippen molar-refractivity contribution in [3.05, 3.63) is 15.9 Å². The molecule has 2 atom stereocenters. The highest BCUT2D eigenvalue weighted by molar-refractivity contribution is 9.10. The average molecular weight is 317 g/mol. The first-order valence-electron chi connectivity index (χ1n) is 6.36. The predicted octanol–water partition coefficient (Wildman–Crippen LogP) is 2.35. The van der Waals surface area contributed by atoms with Crippen molar-refractivity contribution in [2.45, 2.75) is 57.8 Å². The van der Waals surface area contributed by atoms with Gasteiger partial charge in [0.25, 0.3) is 0 Å². The molecule has 1 N–H and O–H groups in total. The number of rotatable bonds is 2. The van der Waals surface area contributed by atoms with E-state index in [2.05, 4.69) is 21.0 Å². The number of aliphatic hydroxyl groups is 1. The van der Waals surface area contributed by atoms with Crippen LogP contribution in [0.25, 0.3) is 0 Å². The first-order valence-corrected chi connectivity index (χ1v) is 7.16. The third-order valence-electron chi connectivity index (χ3n) is 3.56. The van der Waals surface area contributed by atoms with Crippen LogP contribution in [0.2, 0.25) is 0 Å². The van der Waals surface area contributed by atoms with Gasteiger partial charge in [-0.05, 0) is 36.7 Å². The summed E-state index contributed by atoms with van der Waals surface area (Å²) in [6.45, 7) is 6.00. The Balaban J connectivity index is 2.21. The van der Waals surface area contributed by atoms with E-state index >= 15 is 0 Å². The van der Waals surface area contributed by atoms with Crippen LogP contribution in [0.5, 0.6) is 0 Å². The summed E-state index contributed by atoms with van der Waals surface area (Å²) >= 11 is 3.56. The summed E-state index contributed by atoms with van der Waals surface area (Å²) in [6, 6.07) is 0. The smallest absolute Gasteiger partial charge is 0.0752 e. The van der Waals surface area contributed by atoms with Crippen molar-refractivity contribution in [2.75, 3.05) is 0 Å². The normalized spacial score (nSPS) is 32.8. The van der Waals surface area contributed by atoms with Crippen LogP contribution >= 0.6 is 15.9 Å². The molecule has 0 radical (unpaired) electrons. The Bertz CT molecular complexity index is 434. The minimum absolute atomic E-state index is 0.104. The van der Waals surface area contributed by atoms with Crippen LogP contribution in [0.4, 0.5) is 0 Å². The summed E-state index contributed by atoms with van der Waals surface area (Å²) in [6.07, 6.45) is 2.17. The average Bonchev–Trinajstić information content (AvgIpc) is 2.42. The number of hydrogen-bond acceptors (Lipinski definition) is 3. The van der Waals surface area contributed by atoms with Crippen molar-refractivity contribution >= 4 is 15.9 Å². The maximum Gasteiger partial charge on any atom is 0.0752 e. The fraction of sp³-hybridized carbons (Fsp3) is 0.769. The van der Waals surface area contributed by atoms with Crippen molar-refractivity contribution in [2.24, 2.45) is 7.05 Å². The Labute approximate surface area is 116 Å². The van der Waals surface area contributed by atoms with Crippen LogP contribution in [0, 0.1) is 6.92 Å². The van der Waals surface area contributed by atoms with Gasteiger partial charge in [0, 0.05) is 26.3 Å². The summed E-state index contributed by atoms with van der Waals surface area (Å²) in [4.78, 5) is 0. The van der Waals surface area contributed by atoms with Crippen molar-refractivity contribution in [3.8, 4) is 0 Å². The van der Waals surface area contributed by atoms with E-state index < -0.39 is 5.60 Å². The number of ether oxygens (including phenoxy) is 1. The molecular formula is C13H21BrN2O2. The van der Waals surface area contributed by atoms with Crippen LogP contribution in [-0.4, -0.2) is 32.7 Å². The minimum Gasteiger partial charge on any atom is -0.389 e. The Morgan fingerprint density at radius 2 is 2.00 bits per heavy atom. The van der Waals surface area contributed by atoms with Crippen LogP contribution in [-0.2, 0) is 18.2 Å². The van der Waals surface area contributed by atoms with E-state index in [1.807, 2.05) is 32.5 Å². The molecule has 0 saturated carbocycles. The Kier molecular flexibility index (Phi) is 3.85. The third kappa shape index (κ3) is 2.78. The van der Waals surface area contributed by atoms with E-state index in [4.69, 9.17) is 4.74 Å². The molecule has 2 unspecified atom stereocenters. The van der Waals surface area contributed by atoms with Crippen molar-refractivity contribution < 1.29 is 9.84 Å². The van der Waals surface area contributed by atoms with Gasteiger partial charge in [-0.2, -0.15) is 5.10 Å². The van der Waals surface area contributed by atoms with Gasteiger partial charge in [-0.25, -0.2) is 0 Å². The molecule has 1 fully saturated rings. The zero-order valence-electron chi connectivity index (χ0n) is 11.4. The molecule has 0 aromatic carbocycles. The molecule has 4 nitrogen and oxygen atoms in total. The van der Waals surface area contributed by atoms with E-state index in [-0.39, 0.29) is 12.2 Å².